The number of rotatable bonds is 5. The van der Waals surface area contributed by atoms with E-state index in [0.717, 1.165) is 38.0 Å². The van der Waals surface area contributed by atoms with Gasteiger partial charge in [-0.3, -0.25) is 4.79 Å². The van der Waals surface area contributed by atoms with E-state index in [-0.39, 0.29) is 34.8 Å². The van der Waals surface area contributed by atoms with Gasteiger partial charge in [0.15, 0.2) is 0 Å². The fraction of sp³-hybridized carbons (Fsp3) is 0.696. The molecule has 6 atom stereocenters. The first-order valence-electron chi connectivity index (χ1n) is 10.8. The zero-order valence-electron chi connectivity index (χ0n) is 16.6. The summed E-state index contributed by atoms with van der Waals surface area (Å²) in [4.78, 5) is 12.6. The van der Waals surface area contributed by atoms with E-state index in [1.165, 1.54) is 31.4 Å². The Labute approximate surface area is 166 Å². The molecular formula is C23H30FNO3. The van der Waals surface area contributed by atoms with Crippen LogP contribution < -0.4 is 5.32 Å². The van der Waals surface area contributed by atoms with Crippen molar-refractivity contribution in [3.63, 3.8) is 0 Å². The standard InChI is InChI=1S/C23H30FNO3/c1-22-8-2-9-23(14-27-23)20(22)11-17-18(21(26)28-19(17)12-22)13-25-10-7-15-3-5-16(24)6-4-15/h3-6,17-20,25H,2,7-14H2,1H3/t17-,18+,19-,20+,22-,23+/m1/s1. The number of ether oxygens (including phenoxy) is 2. The first kappa shape index (κ1) is 18.6. The minimum absolute atomic E-state index is 0.0303. The van der Waals surface area contributed by atoms with Gasteiger partial charge in [-0.15, -0.1) is 0 Å². The minimum atomic E-state index is -0.208. The van der Waals surface area contributed by atoms with E-state index in [4.69, 9.17) is 9.47 Å². The second kappa shape index (κ2) is 6.81. The maximum Gasteiger partial charge on any atom is 0.310 e. The number of hydrogen-bond donors (Lipinski definition) is 1. The molecule has 4 fully saturated rings. The predicted octanol–water partition coefficient (Wildman–Crippen LogP) is 3.48. The molecule has 5 heteroatoms. The summed E-state index contributed by atoms with van der Waals surface area (Å²) in [5.74, 6) is 0.577. The molecule has 2 heterocycles. The molecule has 0 bridgehead atoms. The molecule has 2 aliphatic heterocycles. The zero-order valence-corrected chi connectivity index (χ0v) is 16.6. The predicted molar refractivity (Wildman–Crippen MR) is 103 cm³/mol. The average molecular weight is 387 g/mol. The normalized spacial score (nSPS) is 41.4. The summed E-state index contributed by atoms with van der Waals surface area (Å²) in [6.07, 6.45) is 6.58. The SMILES string of the molecule is C[C@]12CCC[C@]3(CO3)[C@H]1C[C@@H]1[C@H](CNCCc3ccc(F)cc3)C(=O)O[C@@H]1C2. The molecule has 2 saturated carbocycles. The first-order valence-corrected chi connectivity index (χ1v) is 10.8. The third kappa shape index (κ3) is 3.17. The highest BCUT2D eigenvalue weighted by atomic mass is 19.1. The Hall–Kier alpha value is -1.46. The molecule has 0 amide bonds. The van der Waals surface area contributed by atoms with Gasteiger partial charge in [-0.1, -0.05) is 19.1 Å². The third-order valence-electron chi connectivity index (χ3n) is 7.95. The largest absolute Gasteiger partial charge is 0.462 e. The number of fused-ring (bicyclic) bond motifs is 3. The minimum Gasteiger partial charge on any atom is -0.462 e. The van der Waals surface area contributed by atoms with Crippen molar-refractivity contribution < 1.29 is 18.7 Å². The molecule has 28 heavy (non-hydrogen) atoms. The van der Waals surface area contributed by atoms with Crippen LogP contribution >= 0.6 is 0 Å². The lowest BCUT2D eigenvalue weighted by Crippen LogP contribution is -2.51. The summed E-state index contributed by atoms with van der Waals surface area (Å²) in [5, 5.41) is 3.45. The van der Waals surface area contributed by atoms with Crippen molar-refractivity contribution in [2.45, 2.75) is 57.2 Å². The smallest absolute Gasteiger partial charge is 0.310 e. The Bertz CT molecular complexity index is 747. The molecule has 4 aliphatic rings. The lowest BCUT2D eigenvalue weighted by molar-refractivity contribution is -0.147. The lowest BCUT2D eigenvalue weighted by atomic mass is 9.53. The Morgan fingerprint density at radius 1 is 1.25 bits per heavy atom. The second-order valence-electron chi connectivity index (χ2n) is 9.68. The molecule has 0 aromatic heterocycles. The van der Waals surface area contributed by atoms with Gasteiger partial charge in [-0.05, 0) is 74.1 Å². The van der Waals surface area contributed by atoms with Gasteiger partial charge in [-0.2, -0.15) is 0 Å². The summed E-state index contributed by atoms with van der Waals surface area (Å²) < 4.78 is 24.8. The number of epoxide rings is 1. The van der Waals surface area contributed by atoms with Crippen LogP contribution in [0.5, 0.6) is 0 Å². The van der Waals surface area contributed by atoms with Crippen LogP contribution in [0.1, 0.15) is 44.6 Å². The first-order chi connectivity index (χ1) is 13.5. The quantitative estimate of drug-likeness (QED) is 0.477. The van der Waals surface area contributed by atoms with E-state index in [2.05, 4.69) is 12.2 Å². The number of hydrogen-bond acceptors (Lipinski definition) is 4. The molecule has 0 unspecified atom stereocenters. The monoisotopic (exact) mass is 387 g/mol. The molecule has 2 aliphatic carbocycles. The van der Waals surface area contributed by atoms with E-state index >= 15 is 0 Å². The van der Waals surface area contributed by atoms with E-state index < -0.39 is 0 Å². The van der Waals surface area contributed by atoms with E-state index in [1.807, 2.05) is 12.1 Å². The van der Waals surface area contributed by atoms with Gasteiger partial charge < -0.3 is 14.8 Å². The van der Waals surface area contributed by atoms with Gasteiger partial charge in [-0.25, -0.2) is 4.39 Å². The van der Waals surface area contributed by atoms with E-state index in [0.29, 0.717) is 18.4 Å². The third-order valence-corrected chi connectivity index (χ3v) is 7.95. The van der Waals surface area contributed by atoms with Crippen molar-refractivity contribution in [2.24, 2.45) is 23.2 Å². The Kier molecular flexibility index (Phi) is 4.51. The maximum absolute atomic E-state index is 13.0. The average Bonchev–Trinajstić information content (AvgIpc) is 3.36. The molecule has 2 saturated heterocycles. The summed E-state index contributed by atoms with van der Waals surface area (Å²) in [7, 11) is 0. The number of carbonyl (C=O) groups is 1. The van der Waals surface area contributed by atoms with Crippen molar-refractivity contribution in [2.75, 3.05) is 19.7 Å². The van der Waals surface area contributed by atoms with Crippen molar-refractivity contribution >= 4 is 5.97 Å². The van der Waals surface area contributed by atoms with Crippen LogP contribution in [0.3, 0.4) is 0 Å². The molecule has 1 aromatic carbocycles. The fourth-order valence-electron chi connectivity index (χ4n) is 6.33. The van der Waals surface area contributed by atoms with Crippen LogP contribution in [0.2, 0.25) is 0 Å². The van der Waals surface area contributed by atoms with Gasteiger partial charge in [0.05, 0.1) is 18.1 Å². The van der Waals surface area contributed by atoms with Crippen LogP contribution in [-0.2, 0) is 20.7 Å². The number of halogens is 1. The number of esters is 1. The number of nitrogens with one attached hydrogen (secondary N) is 1. The zero-order chi connectivity index (χ0) is 19.4. The molecule has 1 aromatic rings. The Morgan fingerprint density at radius 2 is 2.04 bits per heavy atom. The van der Waals surface area contributed by atoms with Crippen molar-refractivity contribution in [1.82, 2.24) is 5.32 Å². The highest BCUT2D eigenvalue weighted by Gasteiger charge is 2.64. The van der Waals surface area contributed by atoms with Crippen molar-refractivity contribution in [1.29, 1.82) is 0 Å². The van der Waals surface area contributed by atoms with E-state index in [1.54, 1.807) is 0 Å². The van der Waals surface area contributed by atoms with Gasteiger partial charge in [0.2, 0.25) is 0 Å². The summed E-state index contributed by atoms with van der Waals surface area (Å²) >= 11 is 0. The van der Waals surface area contributed by atoms with Gasteiger partial charge >= 0.3 is 5.97 Å². The molecule has 5 rings (SSSR count). The summed E-state index contributed by atoms with van der Waals surface area (Å²) in [6, 6.07) is 6.62. The van der Waals surface area contributed by atoms with Crippen LogP contribution in [0, 0.1) is 29.0 Å². The van der Waals surface area contributed by atoms with Crippen LogP contribution in [-0.4, -0.2) is 37.4 Å². The van der Waals surface area contributed by atoms with Crippen molar-refractivity contribution in [3.8, 4) is 0 Å². The van der Waals surface area contributed by atoms with Gasteiger partial charge in [0.1, 0.15) is 11.9 Å². The fourth-order valence-corrected chi connectivity index (χ4v) is 6.33. The van der Waals surface area contributed by atoms with Crippen molar-refractivity contribution in [3.05, 3.63) is 35.6 Å². The topological polar surface area (TPSA) is 50.9 Å². The van der Waals surface area contributed by atoms with E-state index in [9.17, 15) is 9.18 Å². The number of benzene rings is 1. The highest BCUT2D eigenvalue weighted by molar-refractivity contribution is 5.75. The Balaban J connectivity index is 1.20. The molecular weight excluding hydrogens is 357 g/mol. The second-order valence-corrected chi connectivity index (χ2v) is 9.68. The maximum atomic E-state index is 13.0. The summed E-state index contributed by atoms with van der Waals surface area (Å²) in [6.45, 7) is 4.73. The molecule has 152 valence electrons. The van der Waals surface area contributed by atoms with Crippen LogP contribution in [0.25, 0.3) is 0 Å². The molecule has 1 spiro atoms. The number of carbonyl (C=O) groups excluding carboxylic acids is 1. The summed E-state index contributed by atoms with van der Waals surface area (Å²) in [5.41, 5.74) is 1.45. The lowest BCUT2D eigenvalue weighted by Gasteiger charge is -2.51. The molecule has 4 nitrogen and oxygen atoms in total. The highest BCUT2D eigenvalue weighted by Crippen LogP contribution is 2.62. The Morgan fingerprint density at radius 3 is 2.79 bits per heavy atom. The van der Waals surface area contributed by atoms with Crippen LogP contribution in [0.4, 0.5) is 4.39 Å². The van der Waals surface area contributed by atoms with Crippen LogP contribution in [0.15, 0.2) is 24.3 Å². The van der Waals surface area contributed by atoms with Gasteiger partial charge in [0.25, 0.3) is 0 Å². The molecule has 0 radical (unpaired) electrons. The molecule has 1 N–H and O–H groups in total. The van der Waals surface area contributed by atoms with Gasteiger partial charge in [0, 0.05) is 12.5 Å².